The molecule has 2 aliphatic carbocycles. The summed E-state index contributed by atoms with van der Waals surface area (Å²) >= 11 is 0. The largest absolute Gasteiger partial charge is 0.394 e. The van der Waals surface area contributed by atoms with E-state index < -0.39 is 0 Å². The van der Waals surface area contributed by atoms with Crippen molar-refractivity contribution >= 4 is 0 Å². The van der Waals surface area contributed by atoms with Crippen molar-refractivity contribution in [3.63, 3.8) is 0 Å². The highest BCUT2D eigenvalue weighted by Crippen LogP contribution is 2.34. The van der Waals surface area contributed by atoms with Crippen molar-refractivity contribution in [2.24, 2.45) is 5.92 Å². The molecule has 3 atom stereocenters. The first-order valence-corrected chi connectivity index (χ1v) is 8.25. The second-order valence-electron chi connectivity index (χ2n) is 6.31. The highest BCUT2D eigenvalue weighted by Gasteiger charge is 2.31. The van der Waals surface area contributed by atoms with E-state index >= 15 is 0 Å². The van der Waals surface area contributed by atoms with Gasteiger partial charge in [0.25, 0.3) is 0 Å². The van der Waals surface area contributed by atoms with Gasteiger partial charge in [0, 0.05) is 23.3 Å². The fourth-order valence-corrected chi connectivity index (χ4v) is 4.08. The third-order valence-corrected chi connectivity index (χ3v) is 5.17. The molecule has 112 valence electrons. The summed E-state index contributed by atoms with van der Waals surface area (Å²) in [6, 6.07) is 1.17. The Kier molecular flexibility index (Phi) is 4.41. The zero-order valence-electron chi connectivity index (χ0n) is 12.5. The van der Waals surface area contributed by atoms with E-state index in [9.17, 15) is 0 Å². The summed E-state index contributed by atoms with van der Waals surface area (Å²) in [6.07, 6.45) is 11.0. The van der Waals surface area contributed by atoms with Crippen molar-refractivity contribution in [2.75, 3.05) is 6.61 Å². The van der Waals surface area contributed by atoms with Crippen LogP contribution < -0.4 is 5.32 Å². The van der Waals surface area contributed by atoms with E-state index in [1.165, 1.54) is 49.8 Å². The van der Waals surface area contributed by atoms with E-state index in [1.54, 1.807) is 0 Å². The first-order chi connectivity index (χ1) is 9.83. The second kappa shape index (κ2) is 6.27. The van der Waals surface area contributed by atoms with Crippen molar-refractivity contribution in [1.82, 2.24) is 15.1 Å². The van der Waals surface area contributed by atoms with Crippen LogP contribution in [0.15, 0.2) is 6.20 Å². The molecule has 1 aromatic rings. The Bertz CT molecular complexity index is 443. The average molecular weight is 277 g/mol. The third-order valence-electron chi connectivity index (χ3n) is 5.17. The molecule has 20 heavy (non-hydrogen) atoms. The summed E-state index contributed by atoms with van der Waals surface area (Å²) in [4.78, 5) is 0. The Labute approximate surface area is 121 Å². The fourth-order valence-electron chi connectivity index (χ4n) is 4.08. The van der Waals surface area contributed by atoms with Crippen LogP contribution in [0, 0.1) is 5.92 Å². The number of hydrogen-bond acceptors (Lipinski definition) is 3. The zero-order chi connectivity index (χ0) is 13.9. The van der Waals surface area contributed by atoms with Crippen LogP contribution >= 0.6 is 0 Å². The Morgan fingerprint density at radius 1 is 1.35 bits per heavy atom. The Hall–Kier alpha value is -0.870. The molecule has 0 amide bonds. The maximum atomic E-state index is 9.13. The Morgan fingerprint density at radius 2 is 2.25 bits per heavy atom. The molecule has 2 N–H and O–H groups in total. The summed E-state index contributed by atoms with van der Waals surface area (Å²) in [5, 5.41) is 17.5. The van der Waals surface area contributed by atoms with E-state index in [0.717, 1.165) is 12.3 Å². The lowest BCUT2D eigenvalue weighted by molar-refractivity contribution is 0.265. The smallest absolute Gasteiger partial charge is 0.0644 e. The van der Waals surface area contributed by atoms with Crippen molar-refractivity contribution in [3.05, 3.63) is 17.5 Å². The van der Waals surface area contributed by atoms with Gasteiger partial charge in [0.15, 0.2) is 0 Å². The number of rotatable bonds is 5. The van der Waals surface area contributed by atoms with Crippen LogP contribution in [0.1, 0.15) is 62.7 Å². The van der Waals surface area contributed by atoms with Gasteiger partial charge in [0.1, 0.15) is 0 Å². The number of nitrogens with zero attached hydrogens (tertiary/aromatic N) is 2. The van der Waals surface area contributed by atoms with Gasteiger partial charge in [-0.3, -0.25) is 4.68 Å². The van der Waals surface area contributed by atoms with E-state index in [1.807, 2.05) is 10.9 Å². The molecule has 4 nitrogen and oxygen atoms in total. The van der Waals surface area contributed by atoms with Crippen LogP contribution in [-0.4, -0.2) is 27.5 Å². The molecule has 1 aromatic heterocycles. The minimum Gasteiger partial charge on any atom is -0.394 e. The van der Waals surface area contributed by atoms with Gasteiger partial charge in [-0.2, -0.15) is 5.10 Å². The number of aliphatic hydroxyl groups excluding tert-OH is 1. The molecule has 4 heteroatoms. The molecule has 1 saturated carbocycles. The number of nitrogens with one attached hydrogen (secondary N) is 1. The van der Waals surface area contributed by atoms with Crippen LogP contribution in [0.25, 0.3) is 0 Å². The molecule has 0 aliphatic heterocycles. The van der Waals surface area contributed by atoms with E-state index in [0.29, 0.717) is 18.6 Å². The predicted octanol–water partition coefficient (Wildman–Crippen LogP) is 2.42. The molecular formula is C16H27N3O. The van der Waals surface area contributed by atoms with Crippen molar-refractivity contribution in [2.45, 2.75) is 70.5 Å². The first kappa shape index (κ1) is 14.1. The molecule has 0 spiro atoms. The van der Waals surface area contributed by atoms with E-state index in [2.05, 4.69) is 17.3 Å². The Balaban J connectivity index is 1.73. The van der Waals surface area contributed by atoms with Gasteiger partial charge < -0.3 is 10.4 Å². The number of hydrogen-bond donors (Lipinski definition) is 2. The SMILES string of the molecule is CCC1CCCC1NC1CCCc2c1cnn2CCO. The van der Waals surface area contributed by atoms with E-state index in [4.69, 9.17) is 5.11 Å². The third kappa shape index (κ3) is 2.63. The highest BCUT2D eigenvalue weighted by molar-refractivity contribution is 5.25. The van der Waals surface area contributed by atoms with Crippen LogP contribution in [0.5, 0.6) is 0 Å². The molecule has 0 aromatic carbocycles. The minimum atomic E-state index is 0.173. The minimum absolute atomic E-state index is 0.173. The van der Waals surface area contributed by atoms with Crippen LogP contribution in [0.4, 0.5) is 0 Å². The summed E-state index contributed by atoms with van der Waals surface area (Å²) < 4.78 is 2.00. The predicted molar refractivity (Wildman–Crippen MR) is 79.5 cm³/mol. The molecule has 2 aliphatic rings. The van der Waals surface area contributed by atoms with Gasteiger partial charge in [-0.25, -0.2) is 0 Å². The second-order valence-corrected chi connectivity index (χ2v) is 6.31. The lowest BCUT2D eigenvalue weighted by Crippen LogP contribution is -2.36. The topological polar surface area (TPSA) is 50.1 Å². The molecule has 3 unspecified atom stereocenters. The number of aliphatic hydroxyl groups is 1. The maximum Gasteiger partial charge on any atom is 0.0644 e. The summed E-state index contributed by atoms with van der Waals surface area (Å²) in [5.41, 5.74) is 2.72. The summed E-state index contributed by atoms with van der Waals surface area (Å²) in [7, 11) is 0. The van der Waals surface area contributed by atoms with Crippen molar-refractivity contribution in [1.29, 1.82) is 0 Å². The lowest BCUT2D eigenvalue weighted by Gasteiger charge is -2.29. The lowest BCUT2D eigenvalue weighted by atomic mass is 9.91. The van der Waals surface area contributed by atoms with E-state index in [-0.39, 0.29) is 6.61 Å². The van der Waals surface area contributed by atoms with Crippen molar-refractivity contribution < 1.29 is 5.11 Å². The van der Waals surface area contributed by atoms with Gasteiger partial charge >= 0.3 is 0 Å². The summed E-state index contributed by atoms with van der Waals surface area (Å²) in [6.45, 7) is 3.12. The molecular weight excluding hydrogens is 250 g/mol. The standard InChI is InChI=1S/C16H27N3O/c1-2-12-5-3-6-14(12)18-15-7-4-8-16-13(15)11-17-19(16)9-10-20/h11-12,14-15,18,20H,2-10H2,1H3. The molecule has 3 rings (SSSR count). The molecule has 0 radical (unpaired) electrons. The number of aromatic nitrogens is 2. The molecule has 1 fully saturated rings. The first-order valence-electron chi connectivity index (χ1n) is 8.25. The van der Waals surface area contributed by atoms with Gasteiger partial charge in [0.2, 0.25) is 0 Å². The number of fused-ring (bicyclic) bond motifs is 1. The van der Waals surface area contributed by atoms with Gasteiger partial charge in [-0.15, -0.1) is 0 Å². The van der Waals surface area contributed by atoms with Gasteiger partial charge in [-0.05, 0) is 38.0 Å². The Morgan fingerprint density at radius 3 is 3.05 bits per heavy atom. The maximum absolute atomic E-state index is 9.13. The average Bonchev–Trinajstić information content (AvgIpc) is 3.07. The van der Waals surface area contributed by atoms with Crippen LogP contribution in [0.2, 0.25) is 0 Å². The summed E-state index contributed by atoms with van der Waals surface area (Å²) in [5.74, 6) is 0.855. The van der Waals surface area contributed by atoms with Crippen LogP contribution in [0.3, 0.4) is 0 Å². The van der Waals surface area contributed by atoms with Crippen LogP contribution in [-0.2, 0) is 13.0 Å². The normalized spacial score (nSPS) is 29.6. The zero-order valence-corrected chi connectivity index (χ0v) is 12.5. The monoisotopic (exact) mass is 277 g/mol. The fraction of sp³-hybridized carbons (Fsp3) is 0.812. The molecule has 1 heterocycles. The molecule has 0 bridgehead atoms. The van der Waals surface area contributed by atoms with Gasteiger partial charge in [-0.1, -0.05) is 19.8 Å². The van der Waals surface area contributed by atoms with Crippen molar-refractivity contribution in [3.8, 4) is 0 Å². The molecule has 0 saturated heterocycles. The highest BCUT2D eigenvalue weighted by atomic mass is 16.3. The quantitative estimate of drug-likeness (QED) is 0.869. The van der Waals surface area contributed by atoms with Gasteiger partial charge in [0.05, 0.1) is 19.3 Å².